The van der Waals surface area contributed by atoms with Crippen LogP contribution in [0.3, 0.4) is 0 Å². The van der Waals surface area contributed by atoms with Gasteiger partial charge in [-0.3, -0.25) is 0 Å². The third-order valence-electron chi connectivity index (χ3n) is 2.21. The van der Waals surface area contributed by atoms with Crippen molar-refractivity contribution in [3.63, 3.8) is 0 Å². The van der Waals surface area contributed by atoms with E-state index in [-0.39, 0.29) is 18.5 Å². The Morgan fingerprint density at radius 1 is 1.69 bits per heavy atom. The molecule has 2 N–H and O–H groups in total. The highest BCUT2D eigenvalue weighted by Gasteiger charge is 2.34. The van der Waals surface area contributed by atoms with Crippen LogP contribution >= 0.6 is 0 Å². The molecular formula is C10H16O3. The number of aliphatic hydroxyl groups is 2. The van der Waals surface area contributed by atoms with Gasteiger partial charge < -0.3 is 14.9 Å². The smallest absolute Gasteiger partial charge is 0.123 e. The van der Waals surface area contributed by atoms with Crippen LogP contribution in [-0.4, -0.2) is 28.5 Å². The molecule has 0 aromatic carbocycles. The van der Waals surface area contributed by atoms with Gasteiger partial charge in [0, 0.05) is 0 Å². The van der Waals surface area contributed by atoms with Crippen LogP contribution in [0.4, 0.5) is 0 Å². The van der Waals surface area contributed by atoms with Crippen molar-refractivity contribution in [3.05, 3.63) is 23.5 Å². The Balaban J connectivity index is 2.75. The van der Waals surface area contributed by atoms with Crippen LogP contribution in [0, 0.1) is 0 Å². The van der Waals surface area contributed by atoms with Crippen LogP contribution < -0.4 is 0 Å². The van der Waals surface area contributed by atoms with E-state index in [1.807, 2.05) is 20.8 Å². The largest absolute Gasteiger partial charge is 0.509 e. The Kier molecular flexibility index (Phi) is 2.78. The Labute approximate surface area is 78.3 Å². The average Bonchev–Trinajstić information content (AvgIpc) is 2.27. The zero-order valence-corrected chi connectivity index (χ0v) is 8.24. The zero-order chi connectivity index (χ0) is 10.1. The van der Waals surface area contributed by atoms with E-state index < -0.39 is 5.60 Å². The second kappa shape index (κ2) is 3.52. The molecule has 0 spiro atoms. The molecule has 3 heteroatoms. The maximum atomic E-state index is 9.49. The van der Waals surface area contributed by atoms with Crippen LogP contribution in [-0.2, 0) is 4.74 Å². The first-order valence-corrected chi connectivity index (χ1v) is 4.34. The lowest BCUT2D eigenvalue weighted by Gasteiger charge is -2.21. The number of ether oxygens (including phenoxy) is 1. The highest BCUT2D eigenvalue weighted by Crippen LogP contribution is 2.31. The molecule has 1 aliphatic rings. The lowest BCUT2D eigenvalue weighted by molar-refractivity contribution is -0.00794. The van der Waals surface area contributed by atoms with Crippen LogP contribution in [0.25, 0.3) is 0 Å². The standard InChI is InChI=1S/C10H16O3/c1-7(4-5-11)8-6-9(12)10(2,3)13-8/h4,6,8,11-12H,5H2,1-3H3. The molecule has 0 radical (unpaired) electrons. The normalized spacial score (nSPS) is 27.5. The van der Waals surface area contributed by atoms with Crippen molar-refractivity contribution < 1.29 is 14.9 Å². The first kappa shape index (κ1) is 10.3. The molecule has 3 nitrogen and oxygen atoms in total. The van der Waals surface area contributed by atoms with Gasteiger partial charge >= 0.3 is 0 Å². The summed E-state index contributed by atoms with van der Waals surface area (Å²) in [6.45, 7) is 5.49. The lowest BCUT2D eigenvalue weighted by atomic mass is 10.1. The van der Waals surface area contributed by atoms with Gasteiger partial charge in [0.1, 0.15) is 17.5 Å². The van der Waals surface area contributed by atoms with E-state index in [0.29, 0.717) is 0 Å². The topological polar surface area (TPSA) is 49.7 Å². The van der Waals surface area contributed by atoms with Gasteiger partial charge in [0.25, 0.3) is 0 Å². The van der Waals surface area contributed by atoms with Gasteiger partial charge in [-0.2, -0.15) is 0 Å². The fourth-order valence-corrected chi connectivity index (χ4v) is 1.24. The third-order valence-corrected chi connectivity index (χ3v) is 2.21. The van der Waals surface area contributed by atoms with Crippen LogP contribution in [0.1, 0.15) is 20.8 Å². The molecule has 74 valence electrons. The molecule has 0 aliphatic carbocycles. The quantitative estimate of drug-likeness (QED) is 0.640. The van der Waals surface area contributed by atoms with Crippen molar-refractivity contribution >= 4 is 0 Å². The van der Waals surface area contributed by atoms with E-state index in [0.717, 1.165) is 5.57 Å². The maximum absolute atomic E-state index is 9.49. The molecule has 0 amide bonds. The Morgan fingerprint density at radius 2 is 2.31 bits per heavy atom. The minimum Gasteiger partial charge on any atom is -0.509 e. The van der Waals surface area contributed by atoms with Crippen molar-refractivity contribution in [3.8, 4) is 0 Å². The molecular weight excluding hydrogens is 168 g/mol. The van der Waals surface area contributed by atoms with Crippen molar-refractivity contribution in [2.75, 3.05) is 6.61 Å². The minimum absolute atomic E-state index is 0.000718. The van der Waals surface area contributed by atoms with Crippen LogP contribution in [0.2, 0.25) is 0 Å². The molecule has 0 fully saturated rings. The maximum Gasteiger partial charge on any atom is 0.123 e. The van der Waals surface area contributed by atoms with E-state index >= 15 is 0 Å². The van der Waals surface area contributed by atoms with Gasteiger partial charge in [0.2, 0.25) is 0 Å². The summed E-state index contributed by atoms with van der Waals surface area (Å²) in [4.78, 5) is 0. The Bertz CT molecular complexity index is 251. The van der Waals surface area contributed by atoms with Crippen molar-refractivity contribution in [1.29, 1.82) is 0 Å². The van der Waals surface area contributed by atoms with Gasteiger partial charge in [-0.25, -0.2) is 0 Å². The molecule has 1 aliphatic heterocycles. The number of hydrogen-bond acceptors (Lipinski definition) is 3. The highest BCUT2D eigenvalue weighted by molar-refractivity contribution is 5.24. The van der Waals surface area contributed by atoms with Crippen LogP contribution in [0.15, 0.2) is 23.5 Å². The lowest BCUT2D eigenvalue weighted by Crippen LogP contribution is -2.25. The molecule has 13 heavy (non-hydrogen) atoms. The molecule has 0 aromatic rings. The van der Waals surface area contributed by atoms with Gasteiger partial charge in [0.15, 0.2) is 0 Å². The van der Waals surface area contributed by atoms with E-state index in [4.69, 9.17) is 9.84 Å². The van der Waals surface area contributed by atoms with Gasteiger partial charge in [-0.05, 0) is 32.4 Å². The highest BCUT2D eigenvalue weighted by atomic mass is 16.5. The van der Waals surface area contributed by atoms with Crippen molar-refractivity contribution in [2.45, 2.75) is 32.5 Å². The summed E-state index contributed by atoms with van der Waals surface area (Å²) in [7, 11) is 0. The molecule has 1 heterocycles. The Morgan fingerprint density at radius 3 is 2.69 bits per heavy atom. The predicted molar refractivity (Wildman–Crippen MR) is 50.5 cm³/mol. The molecule has 1 rings (SSSR count). The predicted octanol–water partition coefficient (Wildman–Crippen LogP) is 1.54. The fourth-order valence-electron chi connectivity index (χ4n) is 1.24. The zero-order valence-electron chi connectivity index (χ0n) is 8.24. The van der Waals surface area contributed by atoms with Crippen LogP contribution in [0.5, 0.6) is 0 Å². The summed E-state index contributed by atoms with van der Waals surface area (Å²) in [5.74, 6) is 0.253. The van der Waals surface area contributed by atoms with Crippen molar-refractivity contribution in [1.82, 2.24) is 0 Å². The Hall–Kier alpha value is -0.800. The number of rotatable bonds is 2. The van der Waals surface area contributed by atoms with E-state index in [2.05, 4.69) is 0 Å². The number of hydrogen-bond donors (Lipinski definition) is 2. The first-order valence-electron chi connectivity index (χ1n) is 4.34. The van der Waals surface area contributed by atoms with E-state index in [1.54, 1.807) is 12.2 Å². The summed E-state index contributed by atoms with van der Waals surface area (Å²) in [5, 5.41) is 18.2. The van der Waals surface area contributed by atoms with Gasteiger partial charge in [0.05, 0.1) is 6.61 Å². The summed E-state index contributed by atoms with van der Waals surface area (Å²) >= 11 is 0. The second-order valence-corrected chi connectivity index (χ2v) is 3.73. The monoisotopic (exact) mass is 184 g/mol. The first-order chi connectivity index (χ1) is 5.97. The fraction of sp³-hybridized carbons (Fsp3) is 0.600. The minimum atomic E-state index is -0.602. The average molecular weight is 184 g/mol. The summed E-state index contributed by atoms with van der Waals surface area (Å²) in [6, 6.07) is 0. The van der Waals surface area contributed by atoms with Crippen molar-refractivity contribution in [2.24, 2.45) is 0 Å². The summed E-state index contributed by atoms with van der Waals surface area (Å²) < 4.78 is 5.55. The SMILES string of the molecule is CC(=CCO)C1C=C(O)C(C)(C)O1. The van der Waals surface area contributed by atoms with Gasteiger partial charge in [-0.15, -0.1) is 0 Å². The summed E-state index contributed by atoms with van der Waals surface area (Å²) in [6.07, 6.45) is 3.14. The van der Waals surface area contributed by atoms with E-state index in [1.165, 1.54) is 0 Å². The number of aliphatic hydroxyl groups excluding tert-OH is 2. The molecule has 0 bridgehead atoms. The third kappa shape index (κ3) is 2.11. The summed E-state index contributed by atoms with van der Waals surface area (Å²) in [5.41, 5.74) is 0.314. The van der Waals surface area contributed by atoms with E-state index in [9.17, 15) is 5.11 Å². The molecule has 0 saturated carbocycles. The molecule has 1 unspecified atom stereocenters. The molecule has 0 aromatic heterocycles. The molecule has 1 atom stereocenters. The van der Waals surface area contributed by atoms with Gasteiger partial charge in [-0.1, -0.05) is 6.08 Å². The second-order valence-electron chi connectivity index (χ2n) is 3.73. The molecule has 0 saturated heterocycles.